The van der Waals surface area contributed by atoms with Gasteiger partial charge in [0, 0.05) is 19.1 Å². The highest BCUT2D eigenvalue weighted by Gasteiger charge is 2.29. The van der Waals surface area contributed by atoms with Crippen LogP contribution in [-0.2, 0) is 4.79 Å². The van der Waals surface area contributed by atoms with Crippen molar-refractivity contribution in [3.8, 4) is 0 Å². The smallest absolute Gasteiger partial charge is 0.324 e. The second kappa shape index (κ2) is 5.67. The summed E-state index contributed by atoms with van der Waals surface area (Å²) in [6.45, 7) is 5.49. The molecule has 3 N–H and O–H groups in total. The molecule has 1 atom stereocenters. The number of hydrogen-bond donors (Lipinski definition) is 2. The maximum atomic E-state index is 11.4. The SMILES string of the molecule is CC(N)C1CCN(CCN2C(=O)CNC2=O)CC1. The Labute approximate surface area is 107 Å². The number of piperidine rings is 1. The van der Waals surface area contributed by atoms with Gasteiger partial charge in [-0.1, -0.05) is 0 Å². The number of urea groups is 1. The Bertz CT molecular complexity index is 308. The molecule has 6 heteroatoms. The normalized spacial score (nSPS) is 24.4. The maximum Gasteiger partial charge on any atom is 0.324 e. The minimum atomic E-state index is -0.259. The van der Waals surface area contributed by atoms with Crippen molar-refractivity contribution in [2.45, 2.75) is 25.8 Å². The van der Waals surface area contributed by atoms with Crippen molar-refractivity contribution in [1.29, 1.82) is 0 Å². The average molecular weight is 254 g/mol. The van der Waals surface area contributed by atoms with Crippen LogP contribution < -0.4 is 11.1 Å². The minimum Gasteiger partial charge on any atom is -0.329 e. The molecule has 0 saturated carbocycles. The fourth-order valence-corrected chi connectivity index (χ4v) is 2.63. The van der Waals surface area contributed by atoms with Gasteiger partial charge in [-0.05, 0) is 38.8 Å². The van der Waals surface area contributed by atoms with Crippen LogP contribution in [0.3, 0.4) is 0 Å². The molecular formula is C12H22N4O2. The lowest BCUT2D eigenvalue weighted by molar-refractivity contribution is -0.125. The number of imide groups is 1. The Morgan fingerprint density at radius 1 is 1.33 bits per heavy atom. The highest BCUT2D eigenvalue weighted by Crippen LogP contribution is 2.19. The van der Waals surface area contributed by atoms with Gasteiger partial charge in [-0.2, -0.15) is 0 Å². The van der Waals surface area contributed by atoms with E-state index >= 15 is 0 Å². The highest BCUT2D eigenvalue weighted by atomic mass is 16.2. The maximum absolute atomic E-state index is 11.4. The molecule has 18 heavy (non-hydrogen) atoms. The highest BCUT2D eigenvalue weighted by molar-refractivity contribution is 6.01. The Morgan fingerprint density at radius 3 is 2.50 bits per heavy atom. The van der Waals surface area contributed by atoms with Gasteiger partial charge in [0.1, 0.15) is 0 Å². The van der Waals surface area contributed by atoms with Crippen LogP contribution in [0.25, 0.3) is 0 Å². The fraction of sp³-hybridized carbons (Fsp3) is 0.833. The lowest BCUT2D eigenvalue weighted by Crippen LogP contribution is -2.44. The Kier molecular flexibility index (Phi) is 4.19. The van der Waals surface area contributed by atoms with Gasteiger partial charge in [0.2, 0.25) is 5.91 Å². The topological polar surface area (TPSA) is 78.7 Å². The van der Waals surface area contributed by atoms with Gasteiger partial charge in [0.25, 0.3) is 0 Å². The van der Waals surface area contributed by atoms with Crippen LogP contribution in [-0.4, -0.2) is 60.5 Å². The molecular weight excluding hydrogens is 232 g/mol. The van der Waals surface area contributed by atoms with E-state index in [1.54, 1.807) is 0 Å². The molecule has 0 bridgehead atoms. The quantitative estimate of drug-likeness (QED) is 0.669. The van der Waals surface area contributed by atoms with Crippen LogP contribution in [0.2, 0.25) is 0 Å². The van der Waals surface area contributed by atoms with E-state index in [0.29, 0.717) is 12.5 Å². The van der Waals surface area contributed by atoms with Crippen LogP contribution in [0.5, 0.6) is 0 Å². The summed E-state index contributed by atoms with van der Waals surface area (Å²) in [6.07, 6.45) is 2.22. The van der Waals surface area contributed by atoms with Crippen molar-refractivity contribution >= 4 is 11.9 Å². The van der Waals surface area contributed by atoms with Crippen molar-refractivity contribution in [2.24, 2.45) is 11.7 Å². The lowest BCUT2D eigenvalue weighted by Gasteiger charge is -2.34. The molecule has 2 heterocycles. The summed E-state index contributed by atoms with van der Waals surface area (Å²) in [5.41, 5.74) is 5.90. The van der Waals surface area contributed by atoms with E-state index in [2.05, 4.69) is 17.1 Å². The van der Waals surface area contributed by atoms with Crippen LogP contribution in [0, 0.1) is 5.92 Å². The molecule has 0 aromatic carbocycles. The summed E-state index contributed by atoms with van der Waals surface area (Å²) in [7, 11) is 0. The zero-order chi connectivity index (χ0) is 13.1. The number of nitrogens with two attached hydrogens (primary N) is 1. The number of amides is 3. The van der Waals surface area contributed by atoms with Gasteiger partial charge in [-0.25, -0.2) is 4.79 Å². The molecule has 2 aliphatic rings. The van der Waals surface area contributed by atoms with Crippen molar-refractivity contribution in [3.05, 3.63) is 0 Å². The number of carbonyl (C=O) groups excluding carboxylic acids is 2. The molecule has 102 valence electrons. The average Bonchev–Trinajstić information content (AvgIpc) is 2.67. The fourth-order valence-electron chi connectivity index (χ4n) is 2.63. The molecule has 0 aliphatic carbocycles. The molecule has 2 aliphatic heterocycles. The van der Waals surface area contributed by atoms with Crippen molar-refractivity contribution < 1.29 is 9.59 Å². The van der Waals surface area contributed by atoms with E-state index in [-0.39, 0.29) is 24.5 Å². The number of likely N-dealkylation sites (tertiary alicyclic amines) is 1. The zero-order valence-electron chi connectivity index (χ0n) is 10.9. The zero-order valence-corrected chi connectivity index (χ0v) is 10.9. The van der Waals surface area contributed by atoms with Crippen molar-refractivity contribution in [1.82, 2.24) is 15.1 Å². The van der Waals surface area contributed by atoms with Crippen molar-refractivity contribution in [3.63, 3.8) is 0 Å². The van der Waals surface area contributed by atoms with Gasteiger partial charge in [0.05, 0.1) is 6.54 Å². The van der Waals surface area contributed by atoms with Crippen LogP contribution >= 0.6 is 0 Å². The Balaban J connectivity index is 1.72. The largest absolute Gasteiger partial charge is 0.329 e. The minimum absolute atomic E-state index is 0.120. The third-order valence-corrected chi connectivity index (χ3v) is 3.95. The molecule has 1 unspecified atom stereocenters. The number of hydrogen-bond acceptors (Lipinski definition) is 4. The molecule has 6 nitrogen and oxygen atoms in total. The predicted molar refractivity (Wildman–Crippen MR) is 67.9 cm³/mol. The van der Waals surface area contributed by atoms with E-state index in [4.69, 9.17) is 5.73 Å². The second-order valence-electron chi connectivity index (χ2n) is 5.24. The number of rotatable bonds is 4. The molecule has 2 rings (SSSR count). The first kappa shape index (κ1) is 13.3. The number of nitrogens with one attached hydrogen (secondary N) is 1. The number of nitrogens with zero attached hydrogens (tertiary/aromatic N) is 2. The van der Waals surface area contributed by atoms with Crippen LogP contribution in [0.1, 0.15) is 19.8 Å². The molecule has 2 fully saturated rings. The summed E-state index contributed by atoms with van der Waals surface area (Å²) < 4.78 is 0. The van der Waals surface area contributed by atoms with E-state index < -0.39 is 0 Å². The van der Waals surface area contributed by atoms with E-state index in [9.17, 15) is 9.59 Å². The first-order valence-electron chi connectivity index (χ1n) is 6.64. The van der Waals surface area contributed by atoms with Crippen LogP contribution in [0.15, 0.2) is 0 Å². The van der Waals surface area contributed by atoms with E-state index in [1.807, 2.05) is 0 Å². The molecule has 3 amide bonds. The van der Waals surface area contributed by atoms with Gasteiger partial charge in [-0.3, -0.25) is 9.69 Å². The van der Waals surface area contributed by atoms with Gasteiger partial charge in [0.15, 0.2) is 0 Å². The Morgan fingerprint density at radius 2 is 2.00 bits per heavy atom. The number of carbonyl (C=O) groups is 2. The van der Waals surface area contributed by atoms with E-state index in [0.717, 1.165) is 32.5 Å². The summed E-state index contributed by atoms with van der Waals surface area (Å²) in [6, 6.07) is 0.00329. The predicted octanol–water partition coefficient (Wildman–Crippen LogP) is -0.403. The van der Waals surface area contributed by atoms with Gasteiger partial charge in [-0.15, -0.1) is 0 Å². The summed E-state index contributed by atoms with van der Waals surface area (Å²) in [5, 5.41) is 2.53. The molecule has 0 aromatic rings. The molecule has 0 spiro atoms. The summed E-state index contributed by atoms with van der Waals surface area (Å²) in [5.74, 6) is 0.489. The van der Waals surface area contributed by atoms with Crippen molar-refractivity contribution in [2.75, 3.05) is 32.7 Å². The molecule has 0 aromatic heterocycles. The third kappa shape index (κ3) is 3.00. The monoisotopic (exact) mass is 254 g/mol. The van der Waals surface area contributed by atoms with Gasteiger partial charge < -0.3 is 16.0 Å². The lowest BCUT2D eigenvalue weighted by atomic mass is 9.91. The second-order valence-corrected chi connectivity index (χ2v) is 5.24. The molecule has 2 saturated heterocycles. The Hall–Kier alpha value is -1.14. The van der Waals surface area contributed by atoms with E-state index in [1.165, 1.54) is 4.90 Å². The standard InChI is InChI=1S/C12H22N4O2/c1-9(13)10-2-4-15(5-3-10)6-7-16-11(17)8-14-12(16)18/h9-10H,2-8,13H2,1H3,(H,14,18). The van der Waals surface area contributed by atoms with Gasteiger partial charge >= 0.3 is 6.03 Å². The first-order chi connectivity index (χ1) is 8.58. The third-order valence-electron chi connectivity index (χ3n) is 3.95. The summed E-state index contributed by atoms with van der Waals surface area (Å²) >= 11 is 0. The van der Waals surface area contributed by atoms with Crippen LogP contribution in [0.4, 0.5) is 4.79 Å². The summed E-state index contributed by atoms with van der Waals surface area (Å²) in [4.78, 5) is 26.4. The first-order valence-corrected chi connectivity index (χ1v) is 6.64. The molecule has 0 radical (unpaired) electrons.